The van der Waals surface area contributed by atoms with Gasteiger partial charge in [-0.2, -0.15) is 0 Å². The van der Waals surface area contributed by atoms with Gasteiger partial charge in [0.25, 0.3) is 5.56 Å². The highest BCUT2D eigenvalue weighted by atomic mass is 19.1. The van der Waals surface area contributed by atoms with E-state index in [2.05, 4.69) is 32.0 Å². The lowest BCUT2D eigenvalue weighted by Gasteiger charge is -2.16. The number of nitrogens with one attached hydrogen (secondary N) is 2. The molecule has 8 nitrogen and oxygen atoms in total. The van der Waals surface area contributed by atoms with E-state index in [9.17, 15) is 13.6 Å². The Labute approximate surface area is 194 Å². The van der Waals surface area contributed by atoms with Crippen molar-refractivity contribution in [2.45, 2.75) is 26.3 Å². The van der Waals surface area contributed by atoms with Crippen molar-refractivity contribution in [1.29, 1.82) is 0 Å². The fourth-order valence-electron chi connectivity index (χ4n) is 3.89. The zero-order chi connectivity index (χ0) is 24.4. The van der Waals surface area contributed by atoms with Crippen LogP contribution in [0.5, 0.6) is 0 Å². The SMILES string of the molecule is C=NC(=NC(C)c1nc2cccc(CC)n2c(=O)c1-c1cc(F)cc(F)c1)c1[nH]cnc1NC. The summed E-state index contributed by atoms with van der Waals surface area (Å²) in [5.74, 6) is -0.829. The third kappa shape index (κ3) is 4.09. The molecule has 0 spiro atoms. The highest BCUT2D eigenvalue weighted by Crippen LogP contribution is 2.29. The molecule has 0 radical (unpaired) electrons. The molecule has 3 heterocycles. The first kappa shape index (κ1) is 23.0. The van der Waals surface area contributed by atoms with Gasteiger partial charge in [0.05, 0.1) is 23.6 Å². The van der Waals surface area contributed by atoms with Crippen LogP contribution in [0.4, 0.5) is 14.6 Å². The molecule has 4 rings (SSSR count). The number of pyridine rings is 1. The number of H-pyrrole nitrogens is 1. The van der Waals surface area contributed by atoms with E-state index in [1.54, 1.807) is 26.1 Å². The standard InChI is InChI=1S/C24H23F2N7O/c1-5-17-7-6-8-18-32-20(13(2)31-23(28-4)21-22(27-3)30-12-29-21)19(24(34)33(17)18)14-9-15(25)11-16(26)10-14/h6-13,27H,4-5H2,1-3H3,(H,29,30). The first-order valence-corrected chi connectivity index (χ1v) is 10.6. The lowest BCUT2D eigenvalue weighted by Crippen LogP contribution is -2.23. The van der Waals surface area contributed by atoms with Gasteiger partial charge < -0.3 is 10.3 Å². The molecule has 0 fully saturated rings. The summed E-state index contributed by atoms with van der Waals surface area (Å²) in [6.45, 7) is 7.23. The van der Waals surface area contributed by atoms with Gasteiger partial charge >= 0.3 is 0 Å². The van der Waals surface area contributed by atoms with Crippen LogP contribution in [0.25, 0.3) is 16.8 Å². The van der Waals surface area contributed by atoms with Crippen LogP contribution in [0.15, 0.2) is 57.5 Å². The zero-order valence-corrected chi connectivity index (χ0v) is 18.9. The number of anilines is 1. The van der Waals surface area contributed by atoms with Crippen molar-refractivity contribution < 1.29 is 8.78 Å². The molecule has 0 aliphatic carbocycles. The number of aromatic amines is 1. The van der Waals surface area contributed by atoms with Crippen LogP contribution in [0.3, 0.4) is 0 Å². The van der Waals surface area contributed by atoms with E-state index in [1.165, 1.54) is 10.7 Å². The van der Waals surface area contributed by atoms with E-state index in [1.807, 2.05) is 13.0 Å². The lowest BCUT2D eigenvalue weighted by molar-refractivity contribution is 0.584. The number of nitrogens with zero attached hydrogens (tertiary/aromatic N) is 5. The van der Waals surface area contributed by atoms with Crippen molar-refractivity contribution in [2.24, 2.45) is 9.98 Å². The van der Waals surface area contributed by atoms with Crippen molar-refractivity contribution in [1.82, 2.24) is 19.4 Å². The summed E-state index contributed by atoms with van der Waals surface area (Å²) in [7, 11) is 1.71. The largest absolute Gasteiger partial charge is 0.371 e. The number of imidazole rings is 1. The molecule has 10 heteroatoms. The highest BCUT2D eigenvalue weighted by Gasteiger charge is 2.22. The zero-order valence-electron chi connectivity index (χ0n) is 18.9. The first-order valence-electron chi connectivity index (χ1n) is 10.6. The Morgan fingerprint density at radius 3 is 2.65 bits per heavy atom. The molecule has 3 aromatic heterocycles. The van der Waals surface area contributed by atoms with Gasteiger partial charge in [0.1, 0.15) is 23.0 Å². The third-order valence-corrected chi connectivity index (χ3v) is 5.43. The van der Waals surface area contributed by atoms with Gasteiger partial charge in [-0.15, -0.1) is 0 Å². The fraction of sp³-hybridized carbons (Fsp3) is 0.208. The topological polar surface area (TPSA) is 99.8 Å². The first-order chi connectivity index (χ1) is 16.4. The number of amidine groups is 1. The van der Waals surface area contributed by atoms with Crippen LogP contribution in [0.1, 0.15) is 37.0 Å². The second-order valence-electron chi connectivity index (χ2n) is 7.56. The summed E-state index contributed by atoms with van der Waals surface area (Å²) in [5, 5.41) is 2.94. The molecule has 0 aliphatic heterocycles. The number of halogens is 2. The maximum Gasteiger partial charge on any atom is 0.266 e. The van der Waals surface area contributed by atoms with Crippen molar-refractivity contribution in [3.8, 4) is 11.1 Å². The normalized spacial score (nSPS) is 12.7. The number of aromatic nitrogens is 4. The quantitative estimate of drug-likeness (QED) is 0.331. The Bertz CT molecular complexity index is 1450. The molecule has 0 bridgehead atoms. The average Bonchev–Trinajstić information content (AvgIpc) is 3.29. The second-order valence-corrected chi connectivity index (χ2v) is 7.56. The number of hydrogen-bond acceptors (Lipinski definition) is 5. The second kappa shape index (κ2) is 9.34. The predicted octanol–water partition coefficient (Wildman–Crippen LogP) is 4.18. The number of aliphatic imine (C=N–C) groups is 2. The molecule has 0 amide bonds. The summed E-state index contributed by atoms with van der Waals surface area (Å²) in [6.07, 6.45) is 2.06. The number of fused-ring (bicyclic) bond motifs is 1. The smallest absolute Gasteiger partial charge is 0.266 e. The summed E-state index contributed by atoms with van der Waals surface area (Å²) >= 11 is 0. The Morgan fingerprint density at radius 2 is 2.00 bits per heavy atom. The van der Waals surface area contributed by atoms with Crippen LogP contribution in [0.2, 0.25) is 0 Å². The van der Waals surface area contributed by atoms with Gasteiger partial charge in [0.15, 0.2) is 11.7 Å². The van der Waals surface area contributed by atoms with Gasteiger partial charge in [-0.1, -0.05) is 13.0 Å². The van der Waals surface area contributed by atoms with E-state index in [0.717, 1.165) is 23.9 Å². The lowest BCUT2D eigenvalue weighted by atomic mass is 10.0. The van der Waals surface area contributed by atoms with Gasteiger partial charge in [-0.3, -0.25) is 14.2 Å². The molecule has 4 aromatic rings. The van der Waals surface area contributed by atoms with Crippen molar-refractivity contribution in [3.05, 3.63) is 81.8 Å². The van der Waals surface area contributed by atoms with Crippen molar-refractivity contribution in [2.75, 3.05) is 12.4 Å². The fourth-order valence-corrected chi connectivity index (χ4v) is 3.89. The van der Waals surface area contributed by atoms with E-state index >= 15 is 0 Å². The molecule has 0 saturated carbocycles. The maximum atomic E-state index is 14.1. The molecule has 34 heavy (non-hydrogen) atoms. The minimum atomic E-state index is -0.796. The molecule has 174 valence electrons. The van der Waals surface area contributed by atoms with E-state index in [-0.39, 0.29) is 22.7 Å². The molecule has 0 aliphatic rings. The third-order valence-electron chi connectivity index (χ3n) is 5.43. The van der Waals surface area contributed by atoms with Gasteiger partial charge in [-0.25, -0.2) is 23.7 Å². The summed E-state index contributed by atoms with van der Waals surface area (Å²) in [5.41, 5.74) is 1.61. The molecular weight excluding hydrogens is 440 g/mol. The maximum absolute atomic E-state index is 14.1. The van der Waals surface area contributed by atoms with Crippen LogP contribution < -0.4 is 10.9 Å². The van der Waals surface area contributed by atoms with E-state index in [4.69, 9.17) is 4.98 Å². The van der Waals surface area contributed by atoms with Crippen LogP contribution in [0, 0.1) is 11.6 Å². The van der Waals surface area contributed by atoms with Gasteiger partial charge in [-0.05, 0) is 49.9 Å². The molecular formula is C24H23F2N7O. The molecule has 2 N–H and O–H groups in total. The number of benzene rings is 1. The highest BCUT2D eigenvalue weighted by molar-refractivity contribution is 6.03. The van der Waals surface area contributed by atoms with Crippen LogP contribution in [-0.4, -0.2) is 39.0 Å². The Hall–Kier alpha value is -4.21. The number of hydrogen-bond donors (Lipinski definition) is 2. The number of rotatable bonds is 6. The molecule has 1 aromatic carbocycles. The minimum absolute atomic E-state index is 0.0647. The number of aryl methyl sites for hydroxylation is 1. The molecule has 1 unspecified atom stereocenters. The average molecular weight is 463 g/mol. The monoisotopic (exact) mass is 463 g/mol. The predicted molar refractivity (Wildman–Crippen MR) is 129 cm³/mol. The van der Waals surface area contributed by atoms with E-state index in [0.29, 0.717) is 23.6 Å². The molecule has 1 atom stereocenters. The van der Waals surface area contributed by atoms with Crippen LogP contribution in [-0.2, 0) is 6.42 Å². The van der Waals surface area contributed by atoms with Gasteiger partial charge in [0.2, 0.25) is 0 Å². The summed E-state index contributed by atoms with van der Waals surface area (Å²) < 4.78 is 29.7. The van der Waals surface area contributed by atoms with E-state index < -0.39 is 23.2 Å². The minimum Gasteiger partial charge on any atom is -0.371 e. The summed E-state index contributed by atoms with van der Waals surface area (Å²) in [6, 6.07) is 7.59. The van der Waals surface area contributed by atoms with Crippen LogP contribution >= 0.6 is 0 Å². The Kier molecular flexibility index (Phi) is 6.31. The Morgan fingerprint density at radius 1 is 1.26 bits per heavy atom. The van der Waals surface area contributed by atoms with Crippen molar-refractivity contribution >= 4 is 24.0 Å². The molecule has 0 saturated heterocycles. The van der Waals surface area contributed by atoms with Gasteiger partial charge in [0, 0.05) is 18.8 Å². The summed E-state index contributed by atoms with van der Waals surface area (Å²) in [4.78, 5) is 34.1. The Balaban J connectivity index is 2.01. The van der Waals surface area contributed by atoms with Crippen molar-refractivity contribution in [3.63, 3.8) is 0 Å².